The highest BCUT2D eigenvalue weighted by Gasteiger charge is 2.50. The van der Waals surface area contributed by atoms with Gasteiger partial charge < -0.3 is 10.1 Å². The third-order valence-electron chi connectivity index (χ3n) is 5.23. The monoisotopic (exact) mass is 405 g/mol. The van der Waals surface area contributed by atoms with Gasteiger partial charge >= 0.3 is 18.1 Å². The molecule has 1 saturated carbocycles. The quantitative estimate of drug-likeness (QED) is 0.590. The van der Waals surface area contributed by atoms with Gasteiger partial charge in [-0.2, -0.15) is 13.2 Å². The minimum atomic E-state index is -5.04. The highest BCUT2D eigenvalue weighted by atomic mass is 19.4. The van der Waals surface area contributed by atoms with E-state index in [4.69, 9.17) is 4.74 Å². The van der Waals surface area contributed by atoms with Crippen LogP contribution in [0.2, 0.25) is 0 Å². The van der Waals surface area contributed by atoms with Crippen LogP contribution >= 0.6 is 0 Å². The molecule has 0 radical (unpaired) electrons. The zero-order valence-electron chi connectivity index (χ0n) is 15.7. The maximum Gasteiger partial charge on any atom is 0.471 e. The van der Waals surface area contributed by atoms with Crippen LogP contribution < -0.4 is 5.32 Å². The van der Waals surface area contributed by atoms with Crippen molar-refractivity contribution in [1.29, 1.82) is 0 Å². The molecule has 2 aromatic carbocycles. The molecule has 1 fully saturated rings. The summed E-state index contributed by atoms with van der Waals surface area (Å²) < 4.78 is 45.1. The number of esters is 1. The van der Waals surface area contributed by atoms with E-state index in [9.17, 15) is 22.8 Å². The minimum absolute atomic E-state index is 0.242. The van der Waals surface area contributed by atoms with Gasteiger partial charge in [0.25, 0.3) is 0 Å². The molecule has 154 valence electrons. The maximum absolute atomic E-state index is 13.1. The average Bonchev–Trinajstić information content (AvgIpc) is 2.91. The van der Waals surface area contributed by atoms with Gasteiger partial charge in [0.15, 0.2) is 0 Å². The lowest BCUT2D eigenvalue weighted by Crippen LogP contribution is -2.57. The lowest BCUT2D eigenvalue weighted by atomic mass is 9.80. The molecule has 0 aromatic heterocycles. The molecule has 29 heavy (non-hydrogen) atoms. The molecule has 2 atom stereocenters. The van der Waals surface area contributed by atoms with E-state index in [2.05, 4.69) is 5.32 Å². The average molecular weight is 405 g/mol. The predicted octanol–water partition coefficient (Wildman–Crippen LogP) is 4.75. The number of carbonyl (C=O) groups is 2. The van der Waals surface area contributed by atoms with E-state index in [1.54, 1.807) is 60.7 Å². The largest absolute Gasteiger partial charge is 0.471 e. The molecule has 0 bridgehead atoms. The van der Waals surface area contributed by atoms with E-state index in [1.165, 1.54) is 0 Å². The fraction of sp³-hybridized carbons (Fsp3) is 0.364. The van der Waals surface area contributed by atoms with Crippen LogP contribution in [0.25, 0.3) is 0 Å². The molecule has 1 N–H and O–H groups in total. The van der Waals surface area contributed by atoms with Crippen LogP contribution in [0.1, 0.15) is 48.0 Å². The summed E-state index contributed by atoms with van der Waals surface area (Å²) in [4.78, 5) is 24.6. The molecular formula is C22H22F3NO3. The molecule has 1 amide bonds. The van der Waals surface area contributed by atoms with Crippen LogP contribution in [0, 0.1) is 0 Å². The number of alkyl halides is 3. The van der Waals surface area contributed by atoms with Crippen LogP contribution in [-0.2, 0) is 15.1 Å². The van der Waals surface area contributed by atoms with Gasteiger partial charge in [0, 0.05) is 0 Å². The Kier molecular flexibility index (Phi) is 6.25. The lowest BCUT2D eigenvalue weighted by Gasteiger charge is -2.40. The molecule has 3 rings (SSSR count). The van der Waals surface area contributed by atoms with Crippen molar-refractivity contribution in [2.24, 2.45) is 0 Å². The summed E-state index contributed by atoms with van der Waals surface area (Å²) in [7, 11) is 0. The van der Waals surface area contributed by atoms with E-state index in [-0.39, 0.29) is 6.42 Å². The summed E-state index contributed by atoms with van der Waals surface area (Å²) in [5.74, 6) is -2.66. The summed E-state index contributed by atoms with van der Waals surface area (Å²) in [6.45, 7) is 0. The number of hydrogen-bond donors (Lipinski definition) is 1. The van der Waals surface area contributed by atoms with E-state index in [0.717, 1.165) is 6.42 Å². The Balaban J connectivity index is 2.01. The van der Waals surface area contributed by atoms with Crippen molar-refractivity contribution in [3.63, 3.8) is 0 Å². The van der Waals surface area contributed by atoms with Crippen LogP contribution in [0.5, 0.6) is 0 Å². The predicted molar refractivity (Wildman–Crippen MR) is 101 cm³/mol. The smallest absolute Gasteiger partial charge is 0.456 e. The minimum Gasteiger partial charge on any atom is -0.456 e. The van der Waals surface area contributed by atoms with Gasteiger partial charge in [-0.15, -0.1) is 0 Å². The van der Waals surface area contributed by atoms with Crippen molar-refractivity contribution in [3.8, 4) is 0 Å². The Hall–Kier alpha value is -2.83. The zero-order chi connectivity index (χ0) is 20.9. The normalized spacial score (nSPS) is 22.4. The second kappa shape index (κ2) is 8.68. The van der Waals surface area contributed by atoms with E-state index >= 15 is 0 Å². The van der Waals surface area contributed by atoms with Crippen LogP contribution in [0.15, 0.2) is 60.7 Å². The molecule has 2 aromatic rings. The van der Waals surface area contributed by atoms with Crippen molar-refractivity contribution in [2.45, 2.75) is 49.9 Å². The standard InChI is InChI=1S/C22H22F3NO3/c23-22(24,25)20(28)26-21(17-12-6-2-7-13-17)15-9-3-8-14-18(21)29-19(27)16-10-4-1-5-11-16/h1-2,4-7,10-13,18H,3,8-9,14-15H2,(H,26,28)/t18-,21-/m1/s1. The van der Waals surface area contributed by atoms with Gasteiger partial charge in [0.1, 0.15) is 11.6 Å². The molecule has 1 aliphatic rings. The second-order valence-electron chi connectivity index (χ2n) is 7.15. The summed E-state index contributed by atoms with van der Waals surface area (Å²) in [6, 6.07) is 16.7. The van der Waals surface area contributed by atoms with Crippen molar-refractivity contribution in [1.82, 2.24) is 5.32 Å². The third-order valence-corrected chi connectivity index (χ3v) is 5.23. The van der Waals surface area contributed by atoms with Gasteiger partial charge in [-0.25, -0.2) is 4.79 Å². The van der Waals surface area contributed by atoms with Crippen LogP contribution in [0.4, 0.5) is 13.2 Å². The summed E-state index contributed by atoms with van der Waals surface area (Å²) >= 11 is 0. The van der Waals surface area contributed by atoms with Gasteiger partial charge in [-0.1, -0.05) is 61.4 Å². The van der Waals surface area contributed by atoms with Crippen LogP contribution in [-0.4, -0.2) is 24.2 Å². The Labute approximate surface area is 167 Å². The van der Waals surface area contributed by atoms with E-state index in [0.29, 0.717) is 30.4 Å². The fourth-order valence-corrected chi connectivity index (χ4v) is 3.80. The first-order chi connectivity index (χ1) is 13.8. The van der Waals surface area contributed by atoms with Gasteiger partial charge in [0.05, 0.1) is 5.56 Å². The highest BCUT2D eigenvalue weighted by Crippen LogP contribution is 2.39. The Bertz CT molecular complexity index is 839. The molecular weight excluding hydrogens is 383 g/mol. The van der Waals surface area contributed by atoms with Crippen LogP contribution in [0.3, 0.4) is 0 Å². The maximum atomic E-state index is 13.1. The Morgan fingerprint density at radius 1 is 0.931 bits per heavy atom. The molecule has 7 heteroatoms. The molecule has 4 nitrogen and oxygen atoms in total. The first kappa shape index (κ1) is 20.9. The number of amides is 1. The number of hydrogen-bond acceptors (Lipinski definition) is 3. The van der Waals surface area contributed by atoms with Crippen molar-refractivity contribution in [2.75, 3.05) is 0 Å². The second-order valence-corrected chi connectivity index (χ2v) is 7.15. The zero-order valence-corrected chi connectivity index (χ0v) is 15.7. The third kappa shape index (κ3) is 4.78. The summed E-state index contributed by atoms with van der Waals surface area (Å²) in [5, 5.41) is 2.19. The van der Waals surface area contributed by atoms with Gasteiger partial charge in [-0.05, 0) is 37.0 Å². The van der Waals surface area contributed by atoms with E-state index < -0.39 is 29.7 Å². The highest BCUT2D eigenvalue weighted by molar-refractivity contribution is 5.89. The Morgan fingerprint density at radius 2 is 1.55 bits per heavy atom. The fourth-order valence-electron chi connectivity index (χ4n) is 3.80. The molecule has 0 spiro atoms. The van der Waals surface area contributed by atoms with Crippen molar-refractivity contribution < 1.29 is 27.5 Å². The number of halogens is 3. The van der Waals surface area contributed by atoms with Gasteiger partial charge in [-0.3, -0.25) is 4.79 Å². The van der Waals surface area contributed by atoms with E-state index in [1.807, 2.05) is 0 Å². The molecule has 0 heterocycles. The Morgan fingerprint density at radius 3 is 2.17 bits per heavy atom. The van der Waals surface area contributed by atoms with Gasteiger partial charge in [0.2, 0.25) is 0 Å². The first-order valence-corrected chi connectivity index (χ1v) is 9.54. The number of carbonyl (C=O) groups excluding carboxylic acids is 2. The number of ether oxygens (including phenoxy) is 1. The summed E-state index contributed by atoms with van der Waals surface area (Å²) in [6.07, 6.45) is -3.31. The molecule has 0 unspecified atom stereocenters. The first-order valence-electron chi connectivity index (χ1n) is 9.54. The number of rotatable bonds is 4. The lowest BCUT2D eigenvalue weighted by molar-refractivity contribution is -0.177. The van der Waals surface area contributed by atoms with Crippen molar-refractivity contribution in [3.05, 3.63) is 71.8 Å². The molecule has 1 aliphatic carbocycles. The van der Waals surface area contributed by atoms with Crippen molar-refractivity contribution >= 4 is 11.9 Å². The number of benzene rings is 2. The molecule has 0 aliphatic heterocycles. The topological polar surface area (TPSA) is 55.4 Å². The summed E-state index contributed by atoms with van der Waals surface area (Å²) in [5.41, 5.74) is -0.652. The number of nitrogens with one attached hydrogen (secondary N) is 1. The molecule has 0 saturated heterocycles. The SMILES string of the molecule is O=C(O[C@@H]1CCCCC[C@@]1(NC(=O)C(F)(F)F)c1ccccc1)c1ccccc1.